The van der Waals surface area contributed by atoms with Gasteiger partial charge < -0.3 is 0 Å². The number of rotatable bonds is 0. The highest BCUT2D eigenvalue weighted by molar-refractivity contribution is 5.92. The Bertz CT molecular complexity index is 680. The van der Waals surface area contributed by atoms with Crippen LogP contribution in [0.25, 0.3) is 0 Å². The normalized spacial score (nSPS) is 28.2. The monoisotopic (exact) mass is 264 g/mol. The highest BCUT2D eigenvalue weighted by Gasteiger charge is 2.29. The molecule has 0 bridgehead atoms. The van der Waals surface area contributed by atoms with E-state index in [4.69, 9.17) is 0 Å². The van der Waals surface area contributed by atoms with Crippen LogP contribution in [0, 0.1) is 5.92 Å². The Kier molecular flexibility index (Phi) is 2.53. The van der Waals surface area contributed by atoms with Crippen LogP contribution in [-0.4, -0.2) is 11.6 Å². The quantitative estimate of drug-likeness (QED) is 0.672. The molecule has 1 atom stereocenters. The van der Waals surface area contributed by atoms with Gasteiger partial charge in [-0.1, -0.05) is 29.9 Å². The second-order valence-electron chi connectivity index (χ2n) is 6.10. The van der Waals surface area contributed by atoms with Crippen LogP contribution >= 0.6 is 0 Å². The Balaban J connectivity index is 1.73. The summed E-state index contributed by atoms with van der Waals surface area (Å²) in [5.74, 6) is 0.922. The summed E-state index contributed by atoms with van der Waals surface area (Å²) in [6, 6.07) is 0. The number of Topliss-reactive ketones (excluding diaryl/α,β-unsaturated/α-hetero) is 1. The van der Waals surface area contributed by atoms with Gasteiger partial charge in [-0.25, -0.2) is 0 Å². The minimum Gasteiger partial charge on any atom is -0.299 e. The van der Waals surface area contributed by atoms with E-state index in [9.17, 15) is 9.59 Å². The number of carbonyl (C=O) groups excluding carboxylic acids is 2. The molecule has 0 aromatic rings. The minimum atomic E-state index is 0.241. The summed E-state index contributed by atoms with van der Waals surface area (Å²) < 4.78 is 0. The summed E-state index contributed by atoms with van der Waals surface area (Å²) in [6.45, 7) is 0. The van der Waals surface area contributed by atoms with E-state index in [0.717, 1.165) is 12.8 Å². The van der Waals surface area contributed by atoms with E-state index >= 15 is 0 Å². The molecule has 100 valence electrons. The molecular formula is C18H16O2. The first kappa shape index (κ1) is 11.8. The van der Waals surface area contributed by atoms with E-state index in [0.29, 0.717) is 31.0 Å². The molecule has 0 amide bonds. The average molecular weight is 264 g/mol. The summed E-state index contributed by atoms with van der Waals surface area (Å²) in [6.07, 6.45) is 13.9. The molecular weight excluding hydrogens is 248 g/mol. The third-order valence-corrected chi connectivity index (χ3v) is 4.71. The van der Waals surface area contributed by atoms with Crippen LogP contribution < -0.4 is 0 Å². The second-order valence-corrected chi connectivity index (χ2v) is 6.10. The van der Waals surface area contributed by atoms with E-state index in [-0.39, 0.29) is 5.78 Å². The SMILES string of the molecule is O=C1C=CC2=CC3=C(CC4=CCC(=O)CC4=C3)CC2C1. The van der Waals surface area contributed by atoms with Crippen molar-refractivity contribution in [3.8, 4) is 0 Å². The van der Waals surface area contributed by atoms with Gasteiger partial charge in [0.15, 0.2) is 5.78 Å². The molecule has 0 aliphatic heterocycles. The van der Waals surface area contributed by atoms with Crippen molar-refractivity contribution in [2.24, 2.45) is 5.92 Å². The van der Waals surface area contributed by atoms with Crippen molar-refractivity contribution in [3.63, 3.8) is 0 Å². The third kappa shape index (κ3) is 1.87. The lowest BCUT2D eigenvalue weighted by molar-refractivity contribution is -0.118. The fourth-order valence-electron chi connectivity index (χ4n) is 3.64. The Morgan fingerprint density at radius 3 is 2.75 bits per heavy atom. The topological polar surface area (TPSA) is 34.1 Å². The van der Waals surface area contributed by atoms with Crippen molar-refractivity contribution in [1.82, 2.24) is 0 Å². The van der Waals surface area contributed by atoms with Gasteiger partial charge in [0.05, 0.1) is 0 Å². The van der Waals surface area contributed by atoms with Gasteiger partial charge in [-0.3, -0.25) is 9.59 Å². The highest BCUT2D eigenvalue weighted by atomic mass is 16.1. The highest BCUT2D eigenvalue weighted by Crippen LogP contribution is 2.43. The fraction of sp³-hybridized carbons (Fsp3) is 0.333. The van der Waals surface area contributed by atoms with Gasteiger partial charge in [0.25, 0.3) is 0 Å². The predicted molar refractivity (Wildman–Crippen MR) is 77.0 cm³/mol. The van der Waals surface area contributed by atoms with Crippen molar-refractivity contribution < 1.29 is 9.59 Å². The molecule has 0 aromatic heterocycles. The number of fused-ring (bicyclic) bond motifs is 2. The molecule has 0 heterocycles. The Hall–Kier alpha value is -1.96. The third-order valence-electron chi connectivity index (χ3n) is 4.71. The molecule has 20 heavy (non-hydrogen) atoms. The molecule has 0 N–H and O–H groups in total. The van der Waals surface area contributed by atoms with Crippen molar-refractivity contribution in [3.05, 3.63) is 58.2 Å². The first-order chi connectivity index (χ1) is 9.69. The van der Waals surface area contributed by atoms with Crippen molar-refractivity contribution in [2.45, 2.75) is 32.1 Å². The lowest BCUT2D eigenvalue weighted by Gasteiger charge is -2.32. The van der Waals surface area contributed by atoms with E-state index in [1.165, 1.54) is 27.9 Å². The maximum atomic E-state index is 11.6. The van der Waals surface area contributed by atoms with Gasteiger partial charge in [-0.05, 0) is 47.1 Å². The zero-order valence-corrected chi connectivity index (χ0v) is 11.3. The van der Waals surface area contributed by atoms with Gasteiger partial charge in [0.2, 0.25) is 0 Å². The molecule has 0 fully saturated rings. The summed E-state index contributed by atoms with van der Waals surface area (Å²) in [5, 5.41) is 0. The maximum absolute atomic E-state index is 11.6. The number of allylic oxidation sites excluding steroid dienone is 10. The van der Waals surface area contributed by atoms with Crippen molar-refractivity contribution in [2.75, 3.05) is 0 Å². The number of ketones is 2. The maximum Gasteiger partial charge on any atom is 0.156 e. The zero-order chi connectivity index (χ0) is 13.7. The van der Waals surface area contributed by atoms with E-state index in [2.05, 4.69) is 18.2 Å². The van der Waals surface area contributed by atoms with Crippen molar-refractivity contribution >= 4 is 11.6 Å². The Labute approximate surface area is 118 Å². The van der Waals surface area contributed by atoms with E-state index < -0.39 is 0 Å². The first-order valence-corrected chi connectivity index (χ1v) is 7.25. The number of hydrogen-bond donors (Lipinski definition) is 0. The van der Waals surface area contributed by atoms with Gasteiger partial charge in [0, 0.05) is 19.3 Å². The van der Waals surface area contributed by atoms with Gasteiger partial charge in [0.1, 0.15) is 5.78 Å². The minimum absolute atomic E-state index is 0.241. The molecule has 1 unspecified atom stereocenters. The average Bonchev–Trinajstić information content (AvgIpc) is 2.43. The molecule has 4 aliphatic rings. The molecule has 0 saturated heterocycles. The number of hydrogen-bond acceptors (Lipinski definition) is 2. The lowest BCUT2D eigenvalue weighted by atomic mass is 9.72. The summed E-state index contributed by atoms with van der Waals surface area (Å²) in [5.41, 5.74) is 6.52. The van der Waals surface area contributed by atoms with E-state index in [1.54, 1.807) is 6.08 Å². The molecule has 4 rings (SSSR count). The van der Waals surface area contributed by atoms with Crippen LogP contribution in [0.5, 0.6) is 0 Å². The standard InChI is InChI=1S/C18H16O2/c19-17-3-1-11-5-13-8-16-10-18(20)4-2-12(16)6-14(13)7-15(11)9-17/h1-3,5,8,15H,4,6-7,9-10H2. The molecule has 4 aliphatic carbocycles. The molecule has 0 spiro atoms. The Morgan fingerprint density at radius 2 is 1.85 bits per heavy atom. The van der Waals surface area contributed by atoms with Crippen LogP contribution in [0.4, 0.5) is 0 Å². The predicted octanol–water partition coefficient (Wildman–Crippen LogP) is 3.38. The molecule has 0 radical (unpaired) electrons. The van der Waals surface area contributed by atoms with Crippen LogP contribution in [0.2, 0.25) is 0 Å². The van der Waals surface area contributed by atoms with Crippen LogP contribution in [-0.2, 0) is 9.59 Å². The van der Waals surface area contributed by atoms with E-state index in [1.807, 2.05) is 6.08 Å². The van der Waals surface area contributed by atoms with Gasteiger partial charge in [-0.15, -0.1) is 0 Å². The zero-order valence-electron chi connectivity index (χ0n) is 11.3. The largest absolute Gasteiger partial charge is 0.299 e. The smallest absolute Gasteiger partial charge is 0.156 e. The van der Waals surface area contributed by atoms with Crippen LogP contribution in [0.1, 0.15) is 32.1 Å². The summed E-state index contributed by atoms with van der Waals surface area (Å²) in [4.78, 5) is 23.1. The Morgan fingerprint density at radius 1 is 0.950 bits per heavy atom. The lowest BCUT2D eigenvalue weighted by Crippen LogP contribution is -2.20. The molecule has 0 saturated carbocycles. The molecule has 2 heteroatoms. The summed E-state index contributed by atoms with van der Waals surface area (Å²) in [7, 11) is 0. The van der Waals surface area contributed by atoms with Crippen molar-refractivity contribution in [1.29, 1.82) is 0 Å². The molecule has 0 aromatic carbocycles. The first-order valence-electron chi connectivity index (χ1n) is 7.25. The van der Waals surface area contributed by atoms with Gasteiger partial charge in [-0.2, -0.15) is 0 Å². The van der Waals surface area contributed by atoms with Crippen LogP contribution in [0.3, 0.4) is 0 Å². The second kappa shape index (κ2) is 4.27. The number of carbonyl (C=O) groups is 2. The molecule has 2 nitrogen and oxygen atoms in total. The van der Waals surface area contributed by atoms with Crippen LogP contribution in [0.15, 0.2) is 58.2 Å². The van der Waals surface area contributed by atoms with Gasteiger partial charge >= 0.3 is 0 Å². The fourth-order valence-corrected chi connectivity index (χ4v) is 3.64. The summed E-state index contributed by atoms with van der Waals surface area (Å²) >= 11 is 0.